The van der Waals surface area contributed by atoms with Crippen molar-refractivity contribution in [3.05, 3.63) is 11.1 Å². The molecule has 1 aromatic rings. The predicted molar refractivity (Wildman–Crippen MR) is 67.2 cm³/mol. The second kappa shape index (κ2) is 4.62. The van der Waals surface area contributed by atoms with Gasteiger partial charge in [-0.05, 0) is 12.8 Å². The van der Waals surface area contributed by atoms with E-state index >= 15 is 0 Å². The summed E-state index contributed by atoms with van der Waals surface area (Å²) in [5.74, 6) is 0.0871. The lowest BCUT2D eigenvalue weighted by atomic mass is 10.4. The summed E-state index contributed by atoms with van der Waals surface area (Å²) >= 11 is 1.68. The maximum atomic E-state index is 11.3. The number of hydrogen-bond acceptors (Lipinski definition) is 5. The van der Waals surface area contributed by atoms with Gasteiger partial charge in [0.2, 0.25) is 5.91 Å². The van der Waals surface area contributed by atoms with Crippen LogP contribution >= 0.6 is 11.3 Å². The number of carbonyl (C=O) groups excluding carboxylic acids is 1. The van der Waals surface area contributed by atoms with Crippen LogP contribution in [-0.2, 0) is 11.3 Å². The van der Waals surface area contributed by atoms with Crippen LogP contribution in [-0.4, -0.2) is 36.6 Å². The fraction of sp³-hybridized carbons (Fsp3) is 0.636. The van der Waals surface area contributed by atoms with Crippen LogP contribution in [0.3, 0.4) is 0 Å². The van der Waals surface area contributed by atoms with Crippen molar-refractivity contribution in [3.63, 3.8) is 0 Å². The van der Waals surface area contributed by atoms with Crippen LogP contribution in [0.1, 0.15) is 17.7 Å². The van der Waals surface area contributed by atoms with Gasteiger partial charge >= 0.3 is 0 Å². The molecule has 5 nitrogen and oxygen atoms in total. The number of nitrogens with zero attached hydrogens (tertiary/aromatic N) is 2. The van der Waals surface area contributed by atoms with Crippen LogP contribution in [0.5, 0.6) is 0 Å². The van der Waals surface area contributed by atoms with Crippen LogP contribution in [0, 0.1) is 0 Å². The van der Waals surface area contributed by atoms with Crippen molar-refractivity contribution in [2.75, 3.05) is 24.5 Å². The van der Waals surface area contributed by atoms with Crippen molar-refractivity contribution in [2.45, 2.75) is 25.4 Å². The standard InChI is InChI=1S/C11H16N4OS/c16-10-7-15(4-3-12-10)11-14-6-9(17-11)5-13-8-1-2-8/h6,8,13H,1-5,7H2,(H,12,16). The van der Waals surface area contributed by atoms with Gasteiger partial charge in [0.25, 0.3) is 0 Å². The average Bonchev–Trinajstić information content (AvgIpc) is 3.04. The van der Waals surface area contributed by atoms with Gasteiger partial charge in [0.1, 0.15) is 0 Å². The van der Waals surface area contributed by atoms with Gasteiger partial charge in [-0.3, -0.25) is 4.79 Å². The molecule has 0 unspecified atom stereocenters. The summed E-state index contributed by atoms with van der Waals surface area (Å²) < 4.78 is 0. The molecule has 17 heavy (non-hydrogen) atoms. The number of hydrogen-bond donors (Lipinski definition) is 2. The van der Waals surface area contributed by atoms with E-state index in [4.69, 9.17) is 0 Å². The molecule has 1 aliphatic heterocycles. The molecular weight excluding hydrogens is 236 g/mol. The number of nitrogens with one attached hydrogen (secondary N) is 2. The van der Waals surface area contributed by atoms with E-state index in [1.165, 1.54) is 17.7 Å². The number of thiazole rings is 1. The van der Waals surface area contributed by atoms with E-state index in [2.05, 4.69) is 15.6 Å². The predicted octanol–water partition coefficient (Wildman–Crippen LogP) is 0.331. The summed E-state index contributed by atoms with van der Waals surface area (Å²) in [5.41, 5.74) is 0. The third-order valence-electron chi connectivity index (χ3n) is 2.99. The Hall–Kier alpha value is -1.14. The Kier molecular flexibility index (Phi) is 2.98. The highest BCUT2D eigenvalue weighted by molar-refractivity contribution is 7.15. The number of amides is 1. The fourth-order valence-electron chi connectivity index (χ4n) is 1.86. The molecule has 0 aromatic carbocycles. The van der Waals surface area contributed by atoms with Crippen molar-refractivity contribution >= 4 is 22.4 Å². The minimum Gasteiger partial charge on any atom is -0.353 e. The number of anilines is 1. The highest BCUT2D eigenvalue weighted by atomic mass is 32.1. The highest BCUT2D eigenvalue weighted by Gasteiger charge is 2.21. The SMILES string of the molecule is O=C1CN(c2ncc(CNC3CC3)s2)CCN1. The molecular formula is C11H16N4OS. The van der Waals surface area contributed by atoms with Gasteiger partial charge in [-0.25, -0.2) is 4.98 Å². The van der Waals surface area contributed by atoms with E-state index in [0.717, 1.165) is 24.3 Å². The van der Waals surface area contributed by atoms with Gasteiger partial charge in [-0.15, -0.1) is 11.3 Å². The molecule has 1 aromatic heterocycles. The Bertz CT molecular complexity index is 415. The largest absolute Gasteiger partial charge is 0.353 e. The highest BCUT2D eigenvalue weighted by Crippen LogP contribution is 2.24. The van der Waals surface area contributed by atoms with Crippen LogP contribution in [0.15, 0.2) is 6.20 Å². The molecule has 0 bridgehead atoms. The maximum Gasteiger partial charge on any atom is 0.239 e. The molecule has 0 radical (unpaired) electrons. The fourth-order valence-corrected chi connectivity index (χ4v) is 2.75. The molecule has 1 amide bonds. The number of aromatic nitrogens is 1. The Morgan fingerprint density at radius 1 is 1.59 bits per heavy atom. The number of piperazine rings is 1. The Labute approximate surface area is 104 Å². The molecule has 0 spiro atoms. The molecule has 2 heterocycles. The van der Waals surface area contributed by atoms with E-state index < -0.39 is 0 Å². The summed E-state index contributed by atoms with van der Waals surface area (Å²) in [6, 6.07) is 0.723. The van der Waals surface area contributed by atoms with Gasteiger partial charge in [0.05, 0.1) is 6.54 Å². The Morgan fingerprint density at radius 2 is 2.47 bits per heavy atom. The normalized spacial score (nSPS) is 20.5. The lowest BCUT2D eigenvalue weighted by Gasteiger charge is -2.25. The molecule has 2 fully saturated rings. The third kappa shape index (κ3) is 2.76. The summed E-state index contributed by atoms with van der Waals surface area (Å²) in [5, 5.41) is 7.26. The minimum absolute atomic E-state index is 0.0871. The Morgan fingerprint density at radius 3 is 3.24 bits per heavy atom. The van der Waals surface area contributed by atoms with Gasteiger partial charge in [0, 0.05) is 36.8 Å². The second-order valence-corrected chi connectivity index (χ2v) is 5.63. The molecule has 3 rings (SSSR count). The van der Waals surface area contributed by atoms with Crippen molar-refractivity contribution in [3.8, 4) is 0 Å². The average molecular weight is 252 g/mol. The summed E-state index contributed by atoms with van der Waals surface area (Å²) in [4.78, 5) is 19.0. The molecule has 0 atom stereocenters. The zero-order valence-electron chi connectivity index (χ0n) is 9.61. The monoisotopic (exact) mass is 252 g/mol. The van der Waals surface area contributed by atoms with Crippen LogP contribution in [0.25, 0.3) is 0 Å². The van der Waals surface area contributed by atoms with E-state index in [-0.39, 0.29) is 5.91 Å². The zero-order chi connectivity index (χ0) is 11.7. The van der Waals surface area contributed by atoms with E-state index in [0.29, 0.717) is 13.1 Å². The first-order valence-corrected chi connectivity index (χ1v) is 6.82. The van der Waals surface area contributed by atoms with Crippen molar-refractivity contribution in [2.24, 2.45) is 0 Å². The van der Waals surface area contributed by atoms with Gasteiger partial charge < -0.3 is 15.5 Å². The first-order valence-electron chi connectivity index (χ1n) is 6.01. The summed E-state index contributed by atoms with van der Waals surface area (Å²) in [7, 11) is 0. The molecule has 2 aliphatic rings. The van der Waals surface area contributed by atoms with Gasteiger partial charge in [-0.2, -0.15) is 0 Å². The maximum absolute atomic E-state index is 11.3. The van der Waals surface area contributed by atoms with Gasteiger partial charge in [0.15, 0.2) is 5.13 Å². The summed E-state index contributed by atoms with van der Waals surface area (Å²) in [6.07, 6.45) is 4.53. The topological polar surface area (TPSA) is 57.3 Å². The van der Waals surface area contributed by atoms with Crippen LogP contribution in [0.2, 0.25) is 0 Å². The van der Waals surface area contributed by atoms with Crippen molar-refractivity contribution in [1.82, 2.24) is 15.6 Å². The zero-order valence-corrected chi connectivity index (χ0v) is 10.4. The van der Waals surface area contributed by atoms with E-state index in [1.807, 2.05) is 11.1 Å². The quantitative estimate of drug-likeness (QED) is 0.811. The minimum atomic E-state index is 0.0871. The third-order valence-corrected chi connectivity index (χ3v) is 4.05. The molecule has 2 N–H and O–H groups in total. The lowest BCUT2D eigenvalue weighted by molar-refractivity contribution is -0.120. The van der Waals surface area contributed by atoms with Crippen LogP contribution in [0.4, 0.5) is 5.13 Å². The van der Waals surface area contributed by atoms with Crippen molar-refractivity contribution < 1.29 is 4.79 Å². The smallest absolute Gasteiger partial charge is 0.239 e. The lowest BCUT2D eigenvalue weighted by Crippen LogP contribution is -2.47. The second-order valence-electron chi connectivity index (χ2n) is 4.54. The molecule has 6 heteroatoms. The molecule has 1 aliphatic carbocycles. The van der Waals surface area contributed by atoms with Gasteiger partial charge in [-0.1, -0.05) is 0 Å². The van der Waals surface area contributed by atoms with Crippen molar-refractivity contribution in [1.29, 1.82) is 0 Å². The Balaban J connectivity index is 1.60. The molecule has 1 saturated heterocycles. The van der Waals surface area contributed by atoms with Crippen LogP contribution < -0.4 is 15.5 Å². The summed E-state index contributed by atoms with van der Waals surface area (Å²) in [6.45, 7) is 2.91. The first-order chi connectivity index (χ1) is 8.31. The first kappa shape index (κ1) is 11.0. The number of rotatable bonds is 4. The molecule has 92 valence electrons. The van der Waals surface area contributed by atoms with E-state index in [9.17, 15) is 4.79 Å². The van der Waals surface area contributed by atoms with E-state index in [1.54, 1.807) is 11.3 Å². The number of carbonyl (C=O) groups is 1. The molecule has 1 saturated carbocycles.